The summed E-state index contributed by atoms with van der Waals surface area (Å²) in [6.45, 7) is 0.155. The van der Waals surface area contributed by atoms with E-state index in [0.29, 0.717) is 16.9 Å². The predicted molar refractivity (Wildman–Crippen MR) is 81.0 cm³/mol. The second kappa shape index (κ2) is 4.89. The fourth-order valence-electron chi connectivity index (χ4n) is 2.38. The van der Waals surface area contributed by atoms with Gasteiger partial charge in [-0.1, -0.05) is 12.1 Å². The average Bonchev–Trinajstić information content (AvgIpc) is 2.48. The van der Waals surface area contributed by atoms with Crippen molar-refractivity contribution in [3.63, 3.8) is 0 Å². The van der Waals surface area contributed by atoms with Crippen molar-refractivity contribution in [2.75, 3.05) is 22.9 Å². The molecular formula is C15H14N2O3S. The molecule has 0 aliphatic carbocycles. The minimum absolute atomic E-state index is 0.0648. The molecule has 0 fully saturated rings. The molecule has 1 heterocycles. The normalized spacial score (nSPS) is 16.3. The van der Waals surface area contributed by atoms with Gasteiger partial charge in [-0.05, 0) is 36.4 Å². The molecule has 0 saturated carbocycles. The van der Waals surface area contributed by atoms with Crippen molar-refractivity contribution < 1.29 is 13.2 Å². The van der Waals surface area contributed by atoms with Crippen LogP contribution in [0.2, 0.25) is 0 Å². The number of carbonyl (C=O) groups is 1. The van der Waals surface area contributed by atoms with Crippen molar-refractivity contribution >= 4 is 27.1 Å². The molecule has 1 aliphatic rings. The molecule has 0 radical (unpaired) electrons. The number of hydrogen-bond acceptors (Lipinski definition) is 4. The van der Waals surface area contributed by atoms with Crippen LogP contribution >= 0.6 is 0 Å². The van der Waals surface area contributed by atoms with E-state index in [1.54, 1.807) is 42.5 Å². The van der Waals surface area contributed by atoms with Crippen molar-refractivity contribution in [3.8, 4) is 0 Å². The van der Waals surface area contributed by atoms with Crippen molar-refractivity contribution in [3.05, 3.63) is 54.1 Å². The molecule has 5 nitrogen and oxygen atoms in total. The quantitative estimate of drug-likeness (QED) is 0.813. The maximum Gasteiger partial charge on any atom is 0.258 e. The first-order chi connectivity index (χ1) is 9.99. The Labute approximate surface area is 122 Å². The Morgan fingerprint density at radius 2 is 1.71 bits per heavy atom. The lowest BCUT2D eigenvalue weighted by atomic mass is 10.1. The van der Waals surface area contributed by atoms with Gasteiger partial charge in [0.2, 0.25) is 0 Å². The number of sulfone groups is 1. The van der Waals surface area contributed by atoms with Gasteiger partial charge in [0, 0.05) is 17.8 Å². The molecule has 1 amide bonds. The van der Waals surface area contributed by atoms with Crippen molar-refractivity contribution in [1.82, 2.24) is 0 Å². The molecule has 108 valence electrons. The van der Waals surface area contributed by atoms with Gasteiger partial charge in [-0.2, -0.15) is 0 Å². The first-order valence-electron chi connectivity index (χ1n) is 6.48. The van der Waals surface area contributed by atoms with E-state index in [1.165, 1.54) is 11.0 Å². The first kappa shape index (κ1) is 13.6. The number of hydrogen-bond donors (Lipinski definition) is 1. The molecule has 0 atom stereocenters. The van der Waals surface area contributed by atoms with Crippen LogP contribution in [-0.2, 0) is 9.84 Å². The zero-order chi connectivity index (χ0) is 15.0. The highest BCUT2D eigenvalue weighted by molar-refractivity contribution is 7.91. The average molecular weight is 302 g/mol. The van der Waals surface area contributed by atoms with Crippen LogP contribution in [-0.4, -0.2) is 26.6 Å². The van der Waals surface area contributed by atoms with Gasteiger partial charge >= 0.3 is 0 Å². The highest BCUT2D eigenvalue weighted by Crippen LogP contribution is 2.31. The van der Waals surface area contributed by atoms with Gasteiger partial charge in [0.1, 0.15) is 0 Å². The van der Waals surface area contributed by atoms with Crippen LogP contribution in [0.3, 0.4) is 0 Å². The maximum atomic E-state index is 12.6. The molecule has 0 unspecified atom stereocenters. The van der Waals surface area contributed by atoms with Crippen LogP contribution in [0.15, 0.2) is 53.4 Å². The molecular weight excluding hydrogens is 288 g/mol. The molecule has 2 N–H and O–H groups in total. The lowest BCUT2D eigenvalue weighted by Crippen LogP contribution is -2.39. The number of benzene rings is 2. The van der Waals surface area contributed by atoms with Crippen LogP contribution < -0.4 is 10.6 Å². The lowest BCUT2D eigenvalue weighted by Gasteiger charge is -2.29. The van der Waals surface area contributed by atoms with Gasteiger partial charge in [-0.3, -0.25) is 4.79 Å². The number of amides is 1. The Kier molecular flexibility index (Phi) is 3.17. The molecule has 2 aromatic rings. The number of fused-ring (bicyclic) bond motifs is 1. The van der Waals surface area contributed by atoms with Crippen LogP contribution in [0, 0.1) is 0 Å². The van der Waals surface area contributed by atoms with Crippen molar-refractivity contribution in [1.29, 1.82) is 0 Å². The van der Waals surface area contributed by atoms with Gasteiger partial charge in [-0.25, -0.2) is 8.42 Å². The molecule has 6 heteroatoms. The van der Waals surface area contributed by atoms with Crippen LogP contribution in [0.25, 0.3) is 0 Å². The summed E-state index contributed by atoms with van der Waals surface area (Å²) in [5.41, 5.74) is 7.11. The summed E-state index contributed by atoms with van der Waals surface area (Å²) in [6.07, 6.45) is 0. The van der Waals surface area contributed by atoms with Crippen molar-refractivity contribution in [2.45, 2.75) is 4.90 Å². The summed E-state index contributed by atoms with van der Waals surface area (Å²) in [5.74, 6) is -0.289. The van der Waals surface area contributed by atoms with E-state index in [2.05, 4.69) is 0 Å². The predicted octanol–water partition coefficient (Wildman–Crippen LogP) is 1.70. The smallest absolute Gasteiger partial charge is 0.258 e. The Hall–Kier alpha value is -2.34. The Balaban J connectivity index is 2.04. The molecule has 0 saturated heterocycles. The fourth-order valence-corrected chi connectivity index (χ4v) is 3.80. The second-order valence-electron chi connectivity index (χ2n) is 4.87. The number of rotatable bonds is 1. The van der Waals surface area contributed by atoms with Gasteiger partial charge in [0.25, 0.3) is 5.91 Å². The largest absolute Gasteiger partial charge is 0.399 e. The Bertz CT molecular complexity index is 798. The summed E-state index contributed by atoms with van der Waals surface area (Å²) in [7, 11) is -3.31. The third-order valence-electron chi connectivity index (χ3n) is 3.48. The number of carbonyl (C=O) groups excluding carboxylic acids is 1. The number of anilines is 2. The lowest BCUT2D eigenvalue weighted by molar-refractivity contribution is 0.0987. The molecule has 3 rings (SSSR count). The minimum atomic E-state index is -3.31. The maximum absolute atomic E-state index is 12.6. The van der Waals surface area contributed by atoms with E-state index in [4.69, 9.17) is 5.73 Å². The van der Waals surface area contributed by atoms with Crippen LogP contribution in [0.1, 0.15) is 10.4 Å². The summed E-state index contributed by atoms with van der Waals surface area (Å²) in [5, 5.41) is 0. The third-order valence-corrected chi connectivity index (χ3v) is 5.21. The zero-order valence-electron chi connectivity index (χ0n) is 11.2. The standard InChI is InChI=1S/C15H14N2O3S/c16-12-7-5-11(6-8-12)15(18)17-9-10-21(19,20)14-4-2-1-3-13(14)17/h1-8H,9-10,16H2. The topological polar surface area (TPSA) is 80.5 Å². The van der Waals surface area contributed by atoms with Gasteiger partial charge in [0.15, 0.2) is 9.84 Å². The number of nitrogens with zero attached hydrogens (tertiary/aromatic N) is 1. The summed E-state index contributed by atoms with van der Waals surface area (Å²) in [6, 6.07) is 13.2. The fraction of sp³-hybridized carbons (Fsp3) is 0.133. The monoisotopic (exact) mass is 302 g/mol. The SMILES string of the molecule is Nc1ccc(C(=O)N2CCS(=O)(=O)c3ccccc32)cc1. The summed E-state index contributed by atoms with van der Waals surface area (Å²) >= 11 is 0. The number of para-hydroxylation sites is 1. The van der Waals surface area contributed by atoms with Gasteiger partial charge in [0.05, 0.1) is 16.3 Å². The summed E-state index contributed by atoms with van der Waals surface area (Å²) in [4.78, 5) is 14.3. The highest BCUT2D eigenvalue weighted by atomic mass is 32.2. The van der Waals surface area contributed by atoms with Crippen LogP contribution in [0.4, 0.5) is 11.4 Å². The second-order valence-corrected chi connectivity index (χ2v) is 6.94. The molecule has 2 aromatic carbocycles. The number of nitrogen functional groups attached to an aromatic ring is 1. The van der Waals surface area contributed by atoms with E-state index in [0.717, 1.165) is 0 Å². The minimum Gasteiger partial charge on any atom is -0.399 e. The molecule has 0 spiro atoms. The molecule has 0 bridgehead atoms. The molecule has 0 aromatic heterocycles. The van der Waals surface area contributed by atoms with E-state index in [9.17, 15) is 13.2 Å². The Morgan fingerprint density at radius 1 is 1.05 bits per heavy atom. The van der Waals surface area contributed by atoms with Crippen molar-refractivity contribution in [2.24, 2.45) is 0 Å². The van der Waals surface area contributed by atoms with Crippen LogP contribution in [0.5, 0.6) is 0 Å². The zero-order valence-corrected chi connectivity index (χ0v) is 12.0. The first-order valence-corrected chi connectivity index (χ1v) is 8.13. The van der Waals surface area contributed by atoms with Gasteiger partial charge < -0.3 is 10.6 Å². The highest BCUT2D eigenvalue weighted by Gasteiger charge is 2.31. The summed E-state index contributed by atoms with van der Waals surface area (Å²) < 4.78 is 24.1. The molecule has 21 heavy (non-hydrogen) atoms. The molecule has 1 aliphatic heterocycles. The van der Waals surface area contributed by atoms with E-state index < -0.39 is 9.84 Å². The van der Waals surface area contributed by atoms with E-state index >= 15 is 0 Å². The Morgan fingerprint density at radius 3 is 2.43 bits per heavy atom. The number of nitrogens with two attached hydrogens (primary N) is 1. The van der Waals surface area contributed by atoms with E-state index in [-0.39, 0.29) is 23.1 Å². The van der Waals surface area contributed by atoms with E-state index in [1.807, 2.05) is 0 Å². The van der Waals surface area contributed by atoms with Gasteiger partial charge in [-0.15, -0.1) is 0 Å². The third kappa shape index (κ3) is 2.38.